The third-order valence-corrected chi connectivity index (χ3v) is 1.71. The number of nitriles is 1. The standard InChI is InChI=1S/C8H4ClFN2O/c9-8(12-13)5-1-2-6(4-11)7(10)3-5/h1-3,13H/b12-8+. The highest BCUT2D eigenvalue weighted by atomic mass is 35.5. The Morgan fingerprint density at radius 3 is 2.77 bits per heavy atom. The maximum Gasteiger partial charge on any atom is 0.175 e. The topological polar surface area (TPSA) is 56.4 Å². The fourth-order valence-corrected chi connectivity index (χ4v) is 0.909. The van der Waals surface area contributed by atoms with Crippen LogP contribution in [0.4, 0.5) is 4.39 Å². The van der Waals surface area contributed by atoms with Gasteiger partial charge in [-0.2, -0.15) is 5.26 Å². The van der Waals surface area contributed by atoms with Gasteiger partial charge in [-0.3, -0.25) is 0 Å². The summed E-state index contributed by atoms with van der Waals surface area (Å²) in [6.07, 6.45) is 0. The number of halogens is 2. The molecule has 66 valence electrons. The molecule has 0 radical (unpaired) electrons. The molecule has 0 aliphatic rings. The largest absolute Gasteiger partial charge is 0.410 e. The lowest BCUT2D eigenvalue weighted by atomic mass is 10.1. The summed E-state index contributed by atoms with van der Waals surface area (Å²) in [4.78, 5) is 0. The van der Waals surface area contributed by atoms with Crippen molar-refractivity contribution in [2.75, 3.05) is 0 Å². The van der Waals surface area contributed by atoms with Crippen molar-refractivity contribution in [2.24, 2.45) is 5.16 Å². The predicted molar refractivity (Wildman–Crippen MR) is 45.3 cm³/mol. The number of rotatable bonds is 1. The second kappa shape index (κ2) is 3.87. The molecule has 0 aliphatic carbocycles. The van der Waals surface area contributed by atoms with E-state index in [0.717, 1.165) is 6.07 Å². The van der Waals surface area contributed by atoms with Gasteiger partial charge in [0.2, 0.25) is 0 Å². The van der Waals surface area contributed by atoms with Crippen LogP contribution < -0.4 is 0 Å². The minimum Gasteiger partial charge on any atom is -0.410 e. The first-order valence-corrected chi connectivity index (χ1v) is 3.64. The summed E-state index contributed by atoms with van der Waals surface area (Å²) < 4.78 is 12.9. The summed E-state index contributed by atoms with van der Waals surface area (Å²) in [6, 6.07) is 5.34. The second-order valence-electron chi connectivity index (χ2n) is 2.20. The fraction of sp³-hybridized carbons (Fsp3) is 0. The van der Waals surface area contributed by atoms with E-state index in [1.54, 1.807) is 6.07 Å². The van der Waals surface area contributed by atoms with Crippen LogP contribution in [0.2, 0.25) is 0 Å². The Morgan fingerprint density at radius 1 is 1.62 bits per heavy atom. The Hall–Kier alpha value is -1.60. The van der Waals surface area contributed by atoms with E-state index in [1.807, 2.05) is 0 Å². The Balaban J connectivity index is 3.19. The molecule has 0 unspecified atom stereocenters. The Kier molecular flexibility index (Phi) is 2.83. The van der Waals surface area contributed by atoms with Gasteiger partial charge < -0.3 is 5.21 Å². The van der Waals surface area contributed by atoms with Crippen molar-refractivity contribution in [3.05, 3.63) is 35.1 Å². The fourth-order valence-electron chi connectivity index (χ4n) is 0.792. The molecule has 0 saturated heterocycles. The van der Waals surface area contributed by atoms with Gasteiger partial charge in [0.05, 0.1) is 5.56 Å². The third-order valence-electron chi connectivity index (χ3n) is 1.42. The maximum atomic E-state index is 12.9. The van der Waals surface area contributed by atoms with Gasteiger partial charge in [0.15, 0.2) is 5.17 Å². The monoisotopic (exact) mass is 198 g/mol. The summed E-state index contributed by atoms with van der Waals surface area (Å²) in [5.74, 6) is -0.693. The van der Waals surface area contributed by atoms with Gasteiger partial charge >= 0.3 is 0 Å². The molecule has 1 N–H and O–H groups in total. The van der Waals surface area contributed by atoms with Crippen LogP contribution in [0.5, 0.6) is 0 Å². The number of oxime groups is 1. The highest BCUT2D eigenvalue weighted by Crippen LogP contribution is 2.11. The van der Waals surface area contributed by atoms with E-state index in [1.165, 1.54) is 12.1 Å². The normalized spacial score (nSPS) is 11.0. The van der Waals surface area contributed by atoms with E-state index >= 15 is 0 Å². The highest BCUT2D eigenvalue weighted by Gasteiger charge is 2.05. The van der Waals surface area contributed by atoms with Crippen molar-refractivity contribution in [3.8, 4) is 6.07 Å². The van der Waals surface area contributed by atoms with Crippen LogP contribution in [-0.4, -0.2) is 10.4 Å². The van der Waals surface area contributed by atoms with E-state index < -0.39 is 5.82 Å². The SMILES string of the molecule is N#Cc1ccc(/C(Cl)=N\O)cc1F. The van der Waals surface area contributed by atoms with E-state index in [-0.39, 0.29) is 16.3 Å². The smallest absolute Gasteiger partial charge is 0.175 e. The lowest BCUT2D eigenvalue weighted by Crippen LogP contribution is -1.93. The molecule has 0 amide bonds. The van der Waals surface area contributed by atoms with Gasteiger partial charge in [0.1, 0.15) is 11.9 Å². The molecule has 0 spiro atoms. The van der Waals surface area contributed by atoms with Crippen molar-refractivity contribution in [1.82, 2.24) is 0 Å². The summed E-state index contributed by atoms with van der Waals surface area (Å²) in [7, 11) is 0. The number of hydrogen-bond donors (Lipinski definition) is 1. The van der Waals surface area contributed by atoms with Gasteiger partial charge in [-0.15, -0.1) is 0 Å². The quantitative estimate of drug-likeness (QED) is 0.427. The van der Waals surface area contributed by atoms with Gasteiger partial charge in [-0.05, 0) is 12.1 Å². The average molecular weight is 199 g/mol. The zero-order valence-corrected chi connectivity index (χ0v) is 7.09. The lowest BCUT2D eigenvalue weighted by Gasteiger charge is -1.97. The number of hydrogen-bond acceptors (Lipinski definition) is 3. The molecular formula is C8H4ClFN2O. The molecule has 0 heterocycles. The minimum absolute atomic E-state index is 0.0776. The molecular weight excluding hydrogens is 195 g/mol. The van der Waals surface area contributed by atoms with Gasteiger partial charge in [-0.1, -0.05) is 22.8 Å². The van der Waals surface area contributed by atoms with Crippen LogP contribution in [0.25, 0.3) is 0 Å². The molecule has 3 nitrogen and oxygen atoms in total. The van der Waals surface area contributed by atoms with E-state index in [0.29, 0.717) is 0 Å². The van der Waals surface area contributed by atoms with Crippen LogP contribution in [0.3, 0.4) is 0 Å². The Labute approximate surface area is 78.7 Å². The molecule has 0 aromatic heterocycles. The molecule has 0 atom stereocenters. The molecule has 0 bridgehead atoms. The zero-order chi connectivity index (χ0) is 9.84. The summed E-state index contributed by atoms with van der Waals surface area (Å²) in [5.41, 5.74) is 0.145. The molecule has 0 fully saturated rings. The van der Waals surface area contributed by atoms with Crippen LogP contribution >= 0.6 is 11.6 Å². The van der Waals surface area contributed by atoms with Crippen molar-refractivity contribution in [2.45, 2.75) is 0 Å². The molecule has 1 rings (SSSR count). The van der Waals surface area contributed by atoms with Crippen molar-refractivity contribution >= 4 is 16.8 Å². The van der Waals surface area contributed by atoms with E-state index in [9.17, 15) is 4.39 Å². The number of benzene rings is 1. The molecule has 13 heavy (non-hydrogen) atoms. The van der Waals surface area contributed by atoms with Crippen LogP contribution in [0.1, 0.15) is 11.1 Å². The zero-order valence-electron chi connectivity index (χ0n) is 6.33. The Bertz CT molecular complexity index is 398. The maximum absolute atomic E-state index is 12.9. The third kappa shape index (κ3) is 1.95. The summed E-state index contributed by atoms with van der Waals surface area (Å²) in [5, 5.41) is 19.1. The highest BCUT2D eigenvalue weighted by molar-refractivity contribution is 6.69. The van der Waals surface area contributed by atoms with Crippen LogP contribution in [0, 0.1) is 17.1 Å². The van der Waals surface area contributed by atoms with E-state index in [4.69, 9.17) is 22.1 Å². The van der Waals surface area contributed by atoms with Crippen molar-refractivity contribution in [3.63, 3.8) is 0 Å². The van der Waals surface area contributed by atoms with Crippen LogP contribution in [0.15, 0.2) is 23.4 Å². The van der Waals surface area contributed by atoms with Gasteiger partial charge in [0, 0.05) is 5.56 Å². The average Bonchev–Trinajstić information content (AvgIpc) is 2.16. The first-order chi connectivity index (χ1) is 6.19. The molecule has 1 aromatic carbocycles. The minimum atomic E-state index is -0.693. The first-order valence-electron chi connectivity index (χ1n) is 3.26. The lowest BCUT2D eigenvalue weighted by molar-refractivity contribution is 0.321. The first kappa shape index (κ1) is 9.49. The Morgan fingerprint density at radius 2 is 2.31 bits per heavy atom. The summed E-state index contributed by atoms with van der Waals surface area (Å²) >= 11 is 5.41. The van der Waals surface area contributed by atoms with Crippen molar-refractivity contribution < 1.29 is 9.60 Å². The molecule has 0 saturated carbocycles. The van der Waals surface area contributed by atoms with Crippen molar-refractivity contribution in [1.29, 1.82) is 5.26 Å². The van der Waals surface area contributed by atoms with Gasteiger partial charge in [0.25, 0.3) is 0 Å². The second-order valence-corrected chi connectivity index (χ2v) is 2.56. The van der Waals surface area contributed by atoms with E-state index in [2.05, 4.69) is 5.16 Å². The molecule has 5 heteroatoms. The summed E-state index contributed by atoms with van der Waals surface area (Å²) in [6.45, 7) is 0. The number of nitrogens with zero attached hydrogens (tertiary/aromatic N) is 2. The molecule has 0 aliphatic heterocycles. The van der Waals surface area contributed by atoms with Crippen LogP contribution in [-0.2, 0) is 0 Å². The van der Waals surface area contributed by atoms with Gasteiger partial charge in [-0.25, -0.2) is 4.39 Å². The molecule has 1 aromatic rings. The predicted octanol–water partition coefficient (Wildman–Crippen LogP) is 2.07.